The van der Waals surface area contributed by atoms with E-state index in [1.807, 2.05) is 0 Å². The molecule has 0 spiro atoms. The predicted molar refractivity (Wildman–Crippen MR) is 101 cm³/mol. The lowest BCUT2D eigenvalue weighted by Gasteiger charge is -2.27. The number of halogens is 3. The molecule has 0 aliphatic carbocycles. The third kappa shape index (κ3) is 7.96. The Hall–Kier alpha value is -0.170. The van der Waals surface area contributed by atoms with Gasteiger partial charge in [-0.15, -0.1) is 24.2 Å². The van der Waals surface area contributed by atoms with Crippen LogP contribution in [-0.4, -0.2) is 55.8 Å². The van der Waals surface area contributed by atoms with Crippen LogP contribution in [0.3, 0.4) is 0 Å². The van der Waals surface area contributed by atoms with E-state index in [1.165, 1.54) is 11.8 Å². The molecule has 4 nitrogen and oxygen atoms in total. The third-order valence-electron chi connectivity index (χ3n) is 3.43. The zero-order valence-corrected chi connectivity index (χ0v) is 16.0. The SMILES string of the molecule is Cl.O=C(CSc1cc(Cl)ccc1Cl)NCCCN1CCNCC1. The van der Waals surface area contributed by atoms with Crippen molar-refractivity contribution >= 4 is 53.3 Å². The lowest BCUT2D eigenvalue weighted by molar-refractivity contribution is -0.118. The number of carbonyl (C=O) groups excluding carboxylic acids is 1. The van der Waals surface area contributed by atoms with Gasteiger partial charge in [-0.05, 0) is 31.2 Å². The van der Waals surface area contributed by atoms with Crippen molar-refractivity contribution in [3.05, 3.63) is 28.2 Å². The summed E-state index contributed by atoms with van der Waals surface area (Å²) >= 11 is 13.4. The molecule has 2 rings (SSSR count). The topological polar surface area (TPSA) is 44.4 Å². The summed E-state index contributed by atoms with van der Waals surface area (Å²) in [6.07, 6.45) is 0.980. The lowest BCUT2D eigenvalue weighted by Crippen LogP contribution is -2.44. The van der Waals surface area contributed by atoms with Crippen LogP contribution in [0.2, 0.25) is 10.0 Å². The number of piperazine rings is 1. The average molecular weight is 399 g/mol. The summed E-state index contributed by atoms with van der Waals surface area (Å²) in [6.45, 7) is 6.06. The molecule has 8 heteroatoms. The third-order valence-corrected chi connectivity index (χ3v) is 5.17. The van der Waals surface area contributed by atoms with E-state index in [9.17, 15) is 4.79 Å². The van der Waals surface area contributed by atoms with Crippen LogP contribution < -0.4 is 10.6 Å². The fourth-order valence-electron chi connectivity index (χ4n) is 2.25. The minimum Gasteiger partial charge on any atom is -0.355 e. The van der Waals surface area contributed by atoms with Gasteiger partial charge < -0.3 is 15.5 Å². The van der Waals surface area contributed by atoms with Gasteiger partial charge >= 0.3 is 0 Å². The Labute approximate surface area is 158 Å². The first-order chi connectivity index (χ1) is 10.6. The summed E-state index contributed by atoms with van der Waals surface area (Å²) in [6, 6.07) is 5.27. The lowest BCUT2D eigenvalue weighted by atomic mass is 10.3. The fraction of sp³-hybridized carbons (Fsp3) is 0.533. The standard InChI is InChI=1S/C15H21Cl2N3OS.ClH/c16-12-2-3-13(17)14(10-12)22-11-15(21)19-4-1-7-20-8-5-18-6-9-20;/h2-3,10,18H,1,4-9,11H2,(H,19,21);1H. The number of nitrogens with one attached hydrogen (secondary N) is 2. The van der Waals surface area contributed by atoms with Crippen molar-refractivity contribution in [1.82, 2.24) is 15.5 Å². The highest BCUT2D eigenvalue weighted by molar-refractivity contribution is 8.00. The van der Waals surface area contributed by atoms with E-state index in [0.29, 0.717) is 22.3 Å². The van der Waals surface area contributed by atoms with Crippen LogP contribution in [-0.2, 0) is 4.79 Å². The normalized spacial score (nSPS) is 15.0. The van der Waals surface area contributed by atoms with Gasteiger partial charge in [0.05, 0.1) is 10.8 Å². The fourth-order valence-corrected chi connectivity index (χ4v) is 3.57. The van der Waals surface area contributed by atoms with Crippen molar-refractivity contribution < 1.29 is 4.79 Å². The molecular formula is C15H22Cl3N3OS. The molecule has 0 atom stereocenters. The van der Waals surface area contributed by atoms with Gasteiger partial charge in [-0.25, -0.2) is 0 Å². The molecule has 1 aromatic rings. The van der Waals surface area contributed by atoms with Crippen molar-refractivity contribution in [3.63, 3.8) is 0 Å². The Morgan fingerprint density at radius 1 is 1.30 bits per heavy atom. The minimum atomic E-state index is 0. The number of hydrogen-bond acceptors (Lipinski definition) is 4. The molecule has 0 radical (unpaired) electrons. The molecule has 1 fully saturated rings. The molecule has 1 aromatic carbocycles. The van der Waals surface area contributed by atoms with Gasteiger partial charge in [0, 0.05) is 42.6 Å². The van der Waals surface area contributed by atoms with Crippen molar-refractivity contribution in [2.75, 3.05) is 45.0 Å². The molecule has 0 unspecified atom stereocenters. The number of thioether (sulfide) groups is 1. The van der Waals surface area contributed by atoms with E-state index in [0.717, 1.165) is 44.0 Å². The van der Waals surface area contributed by atoms with Gasteiger partial charge in [-0.3, -0.25) is 4.79 Å². The Morgan fingerprint density at radius 2 is 2.04 bits per heavy atom. The second-order valence-electron chi connectivity index (χ2n) is 5.16. The second-order valence-corrected chi connectivity index (χ2v) is 7.02. The van der Waals surface area contributed by atoms with Crippen LogP contribution in [0, 0.1) is 0 Å². The summed E-state index contributed by atoms with van der Waals surface area (Å²) in [4.78, 5) is 15.1. The van der Waals surface area contributed by atoms with Crippen LogP contribution in [0.25, 0.3) is 0 Å². The number of hydrogen-bond donors (Lipinski definition) is 2. The molecular weight excluding hydrogens is 377 g/mol. The van der Waals surface area contributed by atoms with Crippen LogP contribution in [0.15, 0.2) is 23.1 Å². The molecule has 2 N–H and O–H groups in total. The highest BCUT2D eigenvalue weighted by Gasteiger charge is 2.09. The number of carbonyl (C=O) groups is 1. The van der Waals surface area contributed by atoms with Crippen LogP contribution in [0.1, 0.15) is 6.42 Å². The molecule has 0 bridgehead atoms. The molecule has 1 heterocycles. The summed E-state index contributed by atoms with van der Waals surface area (Å²) in [7, 11) is 0. The first-order valence-corrected chi connectivity index (χ1v) is 9.17. The largest absolute Gasteiger partial charge is 0.355 e. The average Bonchev–Trinajstić information content (AvgIpc) is 2.53. The minimum absolute atomic E-state index is 0. The Bertz CT molecular complexity index is 499. The maximum atomic E-state index is 11.8. The zero-order chi connectivity index (χ0) is 15.8. The zero-order valence-electron chi connectivity index (χ0n) is 12.8. The first-order valence-electron chi connectivity index (χ1n) is 7.43. The molecule has 23 heavy (non-hydrogen) atoms. The maximum absolute atomic E-state index is 11.8. The highest BCUT2D eigenvalue weighted by Crippen LogP contribution is 2.29. The van der Waals surface area contributed by atoms with Gasteiger partial charge in [0.2, 0.25) is 5.91 Å². The highest BCUT2D eigenvalue weighted by atomic mass is 35.5. The van der Waals surface area contributed by atoms with Crippen LogP contribution >= 0.6 is 47.4 Å². The predicted octanol–water partition coefficient (Wildman–Crippen LogP) is 2.92. The van der Waals surface area contributed by atoms with Crippen molar-refractivity contribution in [2.45, 2.75) is 11.3 Å². The van der Waals surface area contributed by atoms with Crippen molar-refractivity contribution in [3.8, 4) is 0 Å². The van der Waals surface area contributed by atoms with Gasteiger partial charge in [-0.1, -0.05) is 23.2 Å². The summed E-state index contributed by atoms with van der Waals surface area (Å²) in [5.74, 6) is 0.384. The molecule has 1 aliphatic rings. The monoisotopic (exact) mass is 397 g/mol. The molecule has 0 aromatic heterocycles. The summed E-state index contributed by atoms with van der Waals surface area (Å²) in [5, 5.41) is 7.53. The van der Waals surface area contributed by atoms with Crippen molar-refractivity contribution in [2.24, 2.45) is 0 Å². The van der Waals surface area contributed by atoms with Gasteiger partial charge in [-0.2, -0.15) is 0 Å². The number of nitrogens with zero attached hydrogens (tertiary/aromatic N) is 1. The molecule has 1 saturated heterocycles. The molecule has 1 aliphatic heterocycles. The smallest absolute Gasteiger partial charge is 0.230 e. The Kier molecular flexibility index (Phi) is 10.3. The number of amides is 1. The Morgan fingerprint density at radius 3 is 2.78 bits per heavy atom. The van der Waals surface area contributed by atoms with Crippen LogP contribution in [0.4, 0.5) is 0 Å². The maximum Gasteiger partial charge on any atom is 0.230 e. The van der Waals surface area contributed by atoms with Gasteiger partial charge in [0.1, 0.15) is 0 Å². The quantitative estimate of drug-likeness (QED) is 0.547. The summed E-state index contributed by atoms with van der Waals surface area (Å²) in [5.41, 5.74) is 0. The van der Waals surface area contributed by atoms with E-state index in [-0.39, 0.29) is 18.3 Å². The van der Waals surface area contributed by atoms with E-state index in [2.05, 4.69) is 15.5 Å². The molecule has 0 saturated carbocycles. The molecule has 1 amide bonds. The van der Waals surface area contributed by atoms with E-state index < -0.39 is 0 Å². The first kappa shape index (κ1) is 20.9. The number of benzene rings is 1. The van der Waals surface area contributed by atoms with Gasteiger partial charge in [0.25, 0.3) is 0 Å². The van der Waals surface area contributed by atoms with E-state index in [4.69, 9.17) is 23.2 Å². The van der Waals surface area contributed by atoms with Crippen LogP contribution in [0.5, 0.6) is 0 Å². The number of rotatable bonds is 7. The second kappa shape index (κ2) is 11.4. The van der Waals surface area contributed by atoms with Gasteiger partial charge in [0.15, 0.2) is 0 Å². The molecule has 130 valence electrons. The summed E-state index contributed by atoms with van der Waals surface area (Å²) < 4.78 is 0. The van der Waals surface area contributed by atoms with Crippen molar-refractivity contribution in [1.29, 1.82) is 0 Å². The Balaban J connectivity index is 0.00000264. The van der Waals surface area contributed by atoms with E-state index in [1.54, 1.807) is 18.2 Å². The van der Waals surface area contributed by atoms with E-state index >= 15 is 0 Å².